The maximum Gasteiger partial charge on any atom is 0.439 e. The van der Waals surface area contributed by atoms with Crippen LogP contribution in [-0.4, -0.2) is 49.4 Å². The van der Waals surface area contributed by atoms with Crippen molar-refractivity contribution in [3.8, 4) is 22.8 Å². The molecule has 0 amide bonds. The first-order valence-corrected chi connectivity index (χ1v) is 14.8. The van der Waals surface area contributed by atoms with Gasteiger partial charge in [0.25, 0.3) is 0 Å². The van der Waals surface area contributed by atoms with Crippen LogP contribution in [0, 0.1) is 18.8 Å². The van der Waals surface area contributed by atoms with E-state index in [9.17, 15) is 4.79 Å². The molecule has 2 aliphatic rings. The molecule has 1 saturated heterocycles. The van der Waals surface area contributed by atoms with Crippen molar-refractivity contribution in [1.29, 1.82) is 0 Å². The van der Waals surface area contributed by atoms with Crippen LogP contribution in [0.4, 0.5) is 5.95 Å². The Bertz CT molecular complexity index is 1750. The SMILES string of the molecule is Cc1cncc(-c2nc(-c3noc(=O)[nH]3)cc3nc(N4CCOC[C@H]4c4ccccc4)n(C[C@H]4CC[C@H](C)CC4)c23)c1. The molecular formula is C32H35N7O3. The number of H-pyrrole nitrogens is 1. The Morgan fingerprint density at radius 3 is 2.64 bits per heavy atom. The standard InChI is InChI=1S/C32H35N7O3/c1-20-8-10-22(11-9-20)18-39-29-25(35-31(39)38-12-13-41-19-27(38)23-6-4-3-5-7-23)15-26(30-36-32(40)42-37-30)34-28(29)24-14-21(2)16-33-17-24/h3-7,14-17,20,22,27H,8-13,18-19H2,1-2H3,(H,36,37,40)/t20-,22-,27-/m0/s1. The van der Waals surface area contributed by atoms with Crippen molar-refractivity contribution in [2.75, 3.05) is 24.7 Å². The Balaban J connectivity index is 1.45. The summed E-state index contributed by atoms with van der Waals surface area (Å²) in [6, 6.07) is 14.5. The first kappa shape index (κ1) is 26.6. The lowest BCUT2D eigenvalue weighted by atomic mass is 9.83. The fourth-order valence-electron chi connectivity index (χ4n) is 6.45. The minimum Gasteiger partial charge on any atom is -0.377 e. The largest absolute Gasteiger partial charge is 0.439 e. The minimum absolute atomic E-state index is 0.0327. The number of aryl methyl sites for hydroxylation is 1. The number of rotatable bonds is 6. The maximum atomic E-state index is 11.8. The summed E-state index contributed by atoms with van der Waals surface area (Å²) < 4.78 is 13.2. The summed E-state index contributed by atoms with van der Waals surface area (Å²) in [5, 5.41) is 3.93. The van der Waals surface area contributed by atoms with Crippen LogP contribution < -0.4 is 10.7 Å². The molecule has 0 radical (unpaired) electrons. The summed E-state index contributed by atoms with van der Waals surface area (Å²) in [7, 11) is 0. The molecule has 1 aromatic carbocycles. The van der Waals surface area contributed by atoms with E-state index in [0.29, 0.717) is 24.8 Å². The predicted molar refractivity (Wildman–Crippen MR) is 160 cm³/mol. The zero-order valence-electron chi connectivity index (χ0n) is 24.0. The number of ether oxygens (including phenoxy) is 1. The molecule has 10 nitrogen and oxygen atoms in total. The van der Waals surface area contributed by atoms with E-state index in [2.05, 4.69) is 61.8 Å². The topological polar surface area (TPSA) is 115 Å². The normalized spacial score (nSPS) is 21.2. The highest BCUT2D eigenvalue weighted by molar-refractivity contribution is 5.94. The molecule has 1 aliphatic heterocycles. The summed E-state index contributed by atoms with van der Waals surface area (Å²) in [6.07, 6.45) is 8.55. The summed E-state index contributed by atoms with van der Waals surface area (Å²) in [6.45, 7) is 7.18. The smallest absolute Gasteiger partial charge is 0.377 e. The number of morpholine rings is 1. The van der Waals surface area contributed by atoms with Gasteiger partial charge in [-0.05, 0) is 54.9 Å². The summed E-state index contributed by atoms with van der Waals surface area (Å²) in [4.78, 5) is 31.8. The number of aromatic nitrogens is 6. The molecule has 0 spiro atoms. The van der Waals surface area contributed by atoms with Crippen molar-refractivity contribution in [3.63, 3.8) is 0 Å². The lowest BCUT2D eigenvalue weighted by Gasteiger charge is -2.37. The molecule has 4 aromatic heterocycles. The van der Waals surface area contributed by atoms with E-state index in [-0.39, 0.29) is 11.9 Å². The predicted octanol–water partition coefficient (Wildman–Crippen LogP) is 5.55. The molecule has 0 bridgehead atoms. The Morgan fingerprint density at radius 1 is 1.05 bits per heavy atom. The average Bonchev–Trinajstić information content (AvgIpc) is 3.62. The molecule has 1 saturated carbocycles. The highest BCUT2D eigenvalue weighted by Gasteiger charge is 2.32. The van der Waals surface area contributed by atoms with Crippen LogP contribution in [0.1, 0.15) is 49.8 Å². The quantitative estimate of drug-likeness (QED) is 0.285. The van der Waals surface area contributed by atoms with Crippen molar-refractivity contribution >= 4 is 17.0 Å². The van der Waals surface area contributed by atoms with Crippen molar-refractivity contribution in [3.05, 3.63) is 76.5 Å². The number of aromatic amines is 1. The molecule has 5 aromatic rings. The Labute approximate surface area is 243 Å². The van der Waals surface area contributed by atoms with Gasteiger partial charge in [0, 0.05) is 31.0 Å². The van der Waals surface area contributed by atoms with E-state index in [1.165, 1.54) is 31.2 Å². The summed E-state index contributed by atoms with van der Waals surface area (Å²) in [5.41, 5.74) is 6.13. The van der Waals surface area contributed by atoms with Gasteiger partial charge in [0.05, 0.1) is 36.0 Å². The number of anilines is 1. The highest BCUT2D eigenvalue weighted by Crippen LogP contribution is 2.39. The molecule has 42 heavy (non-hydrogen) atoms. The van der Waals surface area contributed by atoms with E-state index in [1.807, 2.05) is 31.5 Å². The summed E-state index contributed by atoms with van der Waals surface area (Å²) >= 11 is 0. The number of imidazole rings is 1. The maximum absolute atomic E-state index is 11.8. The molecule has 216 valence electrons. The second-order valence-electron chi connectivity index (χ2n) is 11.8. The number of fused-ring (bicyclic) bond motifs is 1. The number of benzene rings is 1. The molecule has 0 unspecified atom stereocenters. The number of nitrogens with one attached hydrogen (secondary N) is 1. The van der Waals surface area contributed by atoms with Gasteiger partial charge in [-0.1, -0.05) is 55.3 Å². The molecule has 1 N–H and O–H groups in total. The van der Waals surface area contributed by atoms with Crippen LogP contribution >= 0.6 is 0 Å². The van der Waals surface area contributed by atoms with Gasteiger partial charge in [-0.2, -0.15) is 0 Å². The lowest BCUT2D eigenvalue weighted by molar-refractivity contribution is 0.0927. The zero-order chi connectivity index (χ0) is 28.6. The fourth-order valence-corrected chi connectivity index (χ4v) is 6.45. The first-order valence-electron chi connectivity index (χ1n) is 14.8. The first-order chi connectivity index (χ1) is 20.5. The van der Waals surface area contributed by atoms with E-state index >= 15 is 0 Å². The molecular weight excluding hydrogens is 530 g/mol. The summed E-state index contributed by atoms with van der Waals surface area (Å²) in [5.74, 6) is 1.88. The average molecular weight is 566 g/mol. The van der Waals surface area contributed by atoms with Crippen molar-refractivity contribution < 1.29 is 9.26 Å². The molecule has 10 heteroatoms. The van der Waals surface area contributed by atoms with E-state index in [4.69, 9.17) is 19.2 Å². The number of pyridine rings is 2. The number of hydrogen-bond donors (Lipinski definition) is 1. The monoisotopic (exact) mass is 565 g/mol. The second-order valence-corrected chi connectivity index (χ2v) is 11.8. The Hall–Kier alpha value is -4.31. The van der Waals surface area contributed by atoms with Gasteiger partial charge in [0.2, 0.25) is 11.8 Å². The van der Waals surface area contributed by atoms with Gasteiger partial charge in [0.15, 0.2) is 0 Å². The van der Waals surface area contributed by atoms with E-state index in [1.54, 1.807) is 0 Å². The fraction of sp³-hybridized carbons (Fsp3) is 0.406. The van der Waals surface area contributed by atoms with Crippen LogP contribution in [0.25, 0.3) is 33.8 Å². The van der Waals surface area contributed by atoms with E-state index in [0.717, 1.165) is 52.8 Å². The third-order valence-corrected chi connectivity index (χ3v) is 8.68. The lowest BCUT2D eigenvalue weighted by Crippen LogP contribution is -2.41. The molecule has 1 aliphatic carbocycles. The van der Waals surface area contributed by atoms with Crippen LogP contribution in [0.2, 0.25) is 0 Å². The molecule has 2 fully saturated rings. The van der Waals surface area contributed by atoms with Crippen LogP contribution in [0.5, 0.6) is 0 Å². The Morgan fingerprint density at radius 2 is 1.88 bits per heavy atom. The molecule has 5 heterocycles. The van der Waals surface area contributed by atoms with Gasteiger partial charge in [-0.15, -0.1) is 0 Å². The van der Waals surface area contributed by atoms with Crippen LogP contribution in [0.15, 0.2) is 64.2 Å². The van der Waals surface area contributed by atoms with Crippen LogP contribution in [-0.2, 0) is 11.3 Å². The third-order valence-electron chi connectivity index (χ3n) is 8.68. The van der Waals surface area contributed by atoms with Gasteiger partial charge in [-0.3, -0.25) is 14.5 Å². The number of nitrogens with zero attached hydrogens (tertiary/aromatic N) is 6. The van der Waals surface area contributed by atoms with Gasteiger partial charge >= 0.3 is 5.76 Å². The van der Waals surface area contributed by atoms with E-state index < -0.39 is 5.76 Å². The highest BCUT2D eigenvalue weighted by atomic mass is 16.5. The van der Waals surface area contributed by atoms with Gasteiger partial charge < -0.3 is 14.2 Å². The van der Waals surface area contributed by atoms with Crippen molar-refractivity contribution in [1.82, 2.24) is 29.7 Å². The number of hydrogen-bond acceptors (Lipinski definition) is 8. The molecule has 1 atom stereocenters. The van der Waals surface area contributed by atoms with Gasteiger partial charge in [-0.25, -0.2) is 14.8 Å². The molecule has 7 rings (SSSR count). The third kappa shape index (κ3) is 5.11. The van der Waals surface area contributed by atoms with Crippen LogP contribution in [0.3, 0.4) is 0 Å². The van der Waals surface area contributed by atoms with Crippen molar-refractivity contribution in [2.45, 2.75) is 52.1 Å². The van der Waals surface area contributed by atoms with Crippen molar-refractivity contribution in [2.24, 2.45) is 11.8 Å². The second kappa shape index (κ2) is 11.2. The van der Waals surface area contributed by atoms with Gasteiger partial charge in [0.1, 0.15) is 5.69 Å². The zero-order valence-corrected chi connectivity index (χ0v) is 24.0. The minimum atomic E-state index is -0.623. The Kier molecular flexibility index (Phi) is 7.07.